The Labute approximate surface area is 155 Å². The Morgan fingerprint density at radius 3 is 2.65 bits per heavy atom. The Morgan fingerprint density at radius 1 is 1.15 bits per heavy atom. The summed E-state index contributed by atoms with van der Waals surface area (Å²) in [5.74, 6) is 0.797. The maximum atomic E-state index is 13.0. The fourth-order valence-corrected chi connectivity index (χ4v) is 2.55. The third kappa shape index (κ3) is 4.43. The van der Waals surface area contributed by atoms with E-state index >= 15 is 0 Å². The van der Waals surface area contributed by atoms with E-state index in [0.717, 1.165) is 0 Å². The van der Waals surface area contributed by atoms with Gasteiger partial charge in [0.25, 0.3) is 5.91 Å². The van der Waals surface area contributed by atoms with Crippen molar-refractivity contribution in [2.24, 2.45) is 0 Å². The molecule has 0 saturated heterocycles. The van der Waals surface area contributed by atoms with Crippen molar-refractivity contribution in [1.29, 1.82) is 0 Å². The summed E-state index contributed by atoms with van der Waals surface area (Å²) < 4.78 is 24.2. The second-order valence-corrected chi connectivity index (χ2v) is 6.14. The minimum absolute atomic E-state index is 0.217. The van der Waals surface area contributed by atoms with Crippen molar-refractivity contribution in [3.63, 3.8) is 0 Å². The van der Waals surface area contributed by atoms with Gasteiger partial charge in [-0.05, 0) is 54.6 Å². The number of amides is 1. The second-order valence-electron chi connectivity index (χ2n) is 5.70. The van der Waals surface area contributed by atoms with Crippen molar-refractivity contribution >= 4 is 17.5 Å². The average Bonchev–Trinajstić information content (AvgIpc) is 3.11. The van der Waals surface area contributed by atoms with Crippen LogP contribution in [0.2, 0.25) is 5.02 Å². The largest absolute Gasteiger partial charge is 0.492 e. The number of rotatable bonds is 6. The molecule has 4 nitrogen and oxygen atoms in total. The number of likely N-dealkylation sites (N-methyl/N-ethyl adjacent to an activating group) is 1. The molecule has 0 atom stereocenters. The molecule has 0 bridgehead atoms. The Morgan fingerprint density at radius 2 is 1.92 bits per heavy atom. The van der Waals surface area contributed by atoms with Crippen LogP contribution in [0.3, 0.4) is 0 Å². The molecule has 0 aliphatic rings. The number of benzene rings is 2. The summed E-state index contributed by atoms with van der Waals surface area (Å²) >= 11 is 5.90. The summed E-state index contributed by atoms with van der Waals surface area (Å²) in [6.07, 6.45) is 0. The number of carbonyl (C=O) groups excluding carboxylic acids is 1. The third-order valence-corrected chi connectivity index (χ3v) is 4.02. The van der Waals surface area contributed by atoms with Gasteiger partial charge in [-0.15, -0.1) is 0 Å². The Bertz CT molecular complexity index is 892. The van der Waals surface area contributed by atoms with E-state index in [-0.39, 0.29) is 17.5 Å². The van der Waals surface area contributed by atoms with Crippen LogP contribution in [-0.4, -0.2) is 31.0 Å². The predicted molar refractivity (Wildman–Crippen MR) is 98.0 cm³/mol. The number of hydrogen-bond donors (Lipinski definition) is 0. The van der Waals surface area contributed by atoms with E-state index in [1.165, 1.54) is 17.0 Å². The summed E-state index contributed by atoms with van der Waals surface area (Å²) in [7, 11) is 1.67. The van der Waals surface area contributed by atoms with E-state index in [9.17, 15) is 9.18 Å². The van der Waals surface area contributed by atoms with Crippen LogP contribution >= 0.6 is 11.6 Å². The zero-order valence-corrected chi connectivity index (χ0v) is 14.9. The lowest BCUT2D eigenvalue weighted by atomic mass is 10.2. The number of furan rings is 1. The van der Waals surface area contributed by atoms with Crippen LogP contribution in [0.5, 0.6) is 5.75 Å². The highest BCUT2D eigenvalue weighted by Gasteiger charge is 2.16. The van der Waals surface area contributed by atoms with Gasteiger partial charge in [-0.2, -0.15) is 0 Å². The van der Waals surface area contributed by atoms with Crippen LogP contribution in [-0.2, 0) is 0 Å². The van der Waals surface area contributed by atoms with Crippen molar-refractivity contribution in [2.75, 3.05) is 20.2 Å². The van der Waals surface area contributed by atoms with Crippen LogP contribution in [0.15, 0.2) is 65.1 Å². The van der Waals surface area contributed by atoms with E-state index in [1.54, 1.807) is 55.6 Å². The SMILES string of the molecule is CN(CCOc1cccc(Cl)c1)C(=O)c1ccc(-c2ccc(F)cc2)o1. The molecule has 1 aromatic heterocycles. The van der Waals surface area contributed by atoms with Crippen molar-refractivity contribution in [2.45, 2.75) is 0 Å². The molecule has 1 heterocycles. The highest BCUT2D eigenvalue weighted by Crippen LogP contribution is 2.23. The van der Waals surface area contributed by atoms with E-state index in [2.05, 4.69) is 0 Å². The van der Waals surface area contributed by atoms with E-state index in [4.69, 9.17) is 20.8 Å². The van der Waals surface area contributed by atoms with Gasteiger partial charge >= 0.3 is 0 Å². The molecular formula is C20H17ClFNO3. The molecule has 0 saturated carbocycles. The average molecular weight is 374 g/mol. The maximum absolute atomic E-state index is 13.0. The number of nitrogens with zero attached hydrogens (tertiary/aromatic N) is 1. The minimum Gasteiger partial charge on any atom is -0.492 e. The Hall–Kier alpha value is -2.79. The lowest BCUT2D eigenvalue weighted by molar-refractivity contribution is 0.0743. The lowest BCUT2D eigenvalue weighted by Gasteiger charge is -2.16. The van der Waals surface area contributed by atoms with Crippen LogP contribution in [0, 0.1) is 5.82 Å². The van der Waals surface area contributed by atoms with Crippen molar-refractivity contribution in [3.8, 4) is 17.1 Å². The molecule has 6 heteroatoms. The molecule has 0 fully saturated rings. The van der Waals surface area contributed by atoms with Gasteiger partial charge in [-0.3, -0.25) is 4.79 Å². The lowest BCUT2D eigenvalue weighted by Crippen LogP contribution is -2.30. The standard InChI is InChI=1S/C20H17ClFNO3/c1-23(11-12-25-17-4-2-3-15(21)13-17)20(24)19-10-9-18(26-19)14-5-7-16(22)8-6-14/h2-10,13H,11-12H2,1H3. The fraction of sp³-hybridized carbons (Fsp3) is 0.150. The molecule has 0 aliphatic heterocycles. The number of halogens is 2. The summed E-state index contributed by atoms with van der Waals surface area (Å²) in [6.45, 7) is 0.714. The van der Waals surface area contributed by atoms with Crippen molar-refractivity contribution < 1.29 is 18.3 Å². The van der Waals surface area contributed by atoms with Gasteiger partial charge in [0, 0.05) is 17.6 Å². The number of carbonyl (C=O) groups is 1. The first-order valence-corrected chi connectivity index (χ1v) is 8.40. The van der Waals surface area contributed by atoms with Gasteiger partial charge in [-0.1, -0.05) is 17.7 Å². The molecule has 0 spiro atoms. The molecule has 0 unspecified atom stereocenters. The molecule has 26 heavy (non-hydrogen) atoms. The van der Waals surface area contributed by atoms with Gasteiger partial charge in [-0.25, -0.2) is 4.39 Å². The van der Waals surface area contributed by atoms with Crippen LogP contribution < -0.4 is 4.74 Å². The number of ether oxygens (including phenoxy) is 1. The fourth-order valence-electron chi connectivity index (χ4n) is 2.37. The van der Waals surface area contributed by atoms with Gasteiger partial charge in [0.2, 0.25) is 0 Å². The van der Waals surface area contributed by atoms with Gasteiger partial charge in [0.15, 0.2) is 5.76 Å². The zero-order valence-electron chi connectivity index (χ0n) is 14.1. The van der Waals surface area contributed by atoms with Crippen molar-refractivity contribution in [3.05, 3.63) is 77.3 Å². The number of hydrogen-bond acceptors (Lipinski definition) is 3. The second kappa shape index (κ2) is 8.06. The summed E-state index contributed by atoms with van der Waals surface area (Å²) in [5, 5.41) is 0.593. The highest BCUT2D eigenvalue weighted by molar-refractivity contribution is 6.30. The molecule has 0 aliphatic carbocycles. The molecular weight excluding hydrogens is 357 g/mol. The van der Waals surface area contributed by atoms with Crippen LogP contribution in [0.25, 0.3) is 11.3 Å². The predicted octanol–water partition coefficient (Wildman–Crippen LogP) is 4.89. The first-order valence-electron chi connectivity index (χ1n) is 8.02. The molecule has 0 radical (unpaired) electrons. The highest BCUT2D eigenvalue weighted by atomic mass is 35.5. The zero-order chi connectivity index (χ0) is 18.5. The third-order valence-electron chi connectivity index (χ3n) is 3.78. The minimum atomic E-state index is -0.323. The topological polar surface area (TPSA) is 42.7 Å². The van der Waals surface area contributed by atoms with E-state index in [0.29, 0.717) is 35.2 Å². The molecule has 3 rings (SSSR count). The Balaban J connectivity index is 1.57. The van der Waals surface area contributed by atoms with Gasteiger partial charge < -0.3 is 14.1 Å². The molecule has 3 aromatic rings. The van der Waals surface area contributed by atoms with Crippen LogP contribution in [0.1, 0.15) is 10.6 Å². The first-order chi connectivity index (χ1) is 12.5. The molecule has 0 N–H and O–H groups in total. The van der Waals surface area contributed by atoms with E-state index < -0.39 is 0 Å². The first kappa shape index (κ1) is 18.0. The van der Waals surface area contributed by atoms with Gasteiger partial charge in [0.05, 0.1) is 6.54 Å². The molecule has 1 amide bonds. The summed E-state index contributed by atoms with van der Waals surface area (Å²) in [6, 6.07) is 16.3. The molecule has 2 aromatic carbocycles. The van der Waals surface area contributed by atoms with Crippen LogP contribution in [0.4, 0.5) is 4.39 Å². The monoisotopic (exact) mass is 373 g/mol. The van der Waals surface area contributed by atoms with Gasteiger partial charge in [0.1, 0.15) is 23.9 Å². The van der Waals surface area contributed by atoms with Crippen molar-refractivity contribution in [1.82, 2.24) is 4.90 Å². The smallest absolute Gasteiger partial charge is 0.289 e. The molecule has 134 valence electrons. The normalized spacial score (nSPS) is 10.6. The summed E-state index contributed by atoms with van der Waals surface area (Å²) in [5.41, 5.74) is 0.706. The quantitative estimate of drug-likeness (QED) is 0.617. The summed E-state index contributed by atoms with van der Waals surface area (Å²) in [4.78, 5) is 13.9. The van der Waals surface area contributed by atoms with E-state index in [1.807, 2.05) is 0 Å². The Kier molecular flexibility index (Phi) is 5.58. The maximum Gasteiger partial charge on any atom is 0.289 e.